The lowest BCUT2D eigenvalue weighted by Crippen LogP contribution is -2.15. The maximum atomic E-state index is 11.9. The molecule has 2 heteroatoms. The molecule has 1 heterocycles. The topological polar surface area (TPSA) is 26.3 Å². The van der Waals surface area contributed by atoms with Crippen molar-refractivity contribution in [3.63, 3.8) is 0 Å². The lowest BCUT2D eigenvalue weighted by Gasteiger charge is -2.18. The highest BCUT2D eigenvalue weighted by Gasteiger charge is 2.38. The SMILES string of the molecule is C=C1C(=O)OC(CCCCCCCCCCCCC)C1c1ccccc1. The van der Waals surface area contributed by atoms with E-state index in [2.05, 4.69) is 25.6 Å². The number of carbonyl (C=O) groups excluding carboxylic acids is 1. The van der Waals surface area contributed by atoms with Gasteiger partial charge in [0.15, 0.2) is 0 Å². The second kappa shape index (κ2) is 11.9. The molecule has 26 heavy (non-hydrogen) atoms. The third-order valence-corrected chi connectivity index (χ3v) is 5.52. The molecule has 0 amide bonds. The molecule has 1 saturated heterocycles. The number of esters is 1. The summed E-state index contributed by atoms with van der Waals surface area (Å²) in [6.45, 7) is 6.24. The summed E-state index contributed by atoms with van der Waals surface area (Å²) < 4.78 is 5.59. The highest BCUT2D eigenvalue weighted by molar-refractivity contribution is 5.92. The van der Waals surface area contributed by atoms with E-state index in [1.165, 1.54) is 64.2 Å². The zero-order chi connectivity index (χ0) is 18.6. The molecule has 0 aliphatic carbocycles. The zero-order valence-electron chi connectivity index (χ0n) is 16.6. The molecule has 1 fully saturated rings. The van der Waals surface area contributed by atoms with E-state index in [9.17, 15) is 4.79 Å². The standard InChI is InChI=1S/C24H36O2/c1-3-4-5-6-7-8-9-10-11-12-16-19-22-23(20(2)24(25)26-22)21-17-14-13-15-18-21/h13-15,17-18,22-23H,2-12,16,19H2,1H3. The number of ether oxygens (including phenoxy) is 1. The minimum atomic E-state index is -0.216. The molecule has 0 radical (unpaired) electrons. The van der Waals surface area contributed by atoms with Gasteiger partial charge in [0, 0.05) is 5.57 Å². The molecule has 1 aromatic rings. The van der Waals surface area contributed by atoms with Crippen molar-refractivity contribution < 1.29 is 9.53 Å². The largest absolute Gasteiger partial charge is 0.458 e. The van der Waals surface area contributed by atoms with Crippen LogP contribution in [0.25, 0.3) is 0 Å². The van der Waals surface area contributed by atoms with Crippen LogP contribution in [0.2, 0.25) is 0 Å². The highest BCUT2D eigenvalue weighted by Crippen LogP contribution is 2.38. The van der Waals surface area contributed by atoms with E-state index >= 15 is 0 Å². The smallest absolute Gasteiger partial charge is 0.334 e. The van der Waals surface area contributed by atoms with Crippen LogP contribution < -0.4 is 0 Å². The monoisotopic (exact) mass is 356 g/mol. The molecule has 2 rings (SSSR count). The lowest BCUT2D eigenvalue weighted by molar-refractivity contribution is -0.139. The summed E-state index contributed by atoms with van der Waals surface area (Å²) in [5.41, 5.74) is 1.76. The Kier molecular flexibility index (Phi) is 9.52. The van der Waals surface area contributed by atoms with Crippen LogP contribution in [0.3, 0.4) is 0 Å². The molecular formula is C24H36O2. The first kappa shape index (κ1) is 20.7. The summed E-state index contributed by atoms with van der Waals surface area (Å²) in [4.78, 5) is 11.9. The lowest BCUT2D eigenvalue weighted by atomic mass is 9.87. The van der Waals surface area contributed by atoms with E-state index in [4.69, 9.17) is 4.74 Å². The Hall–Kier alpha value is -1.57. The van der Waals surface area contributed by atoms with E-state index in [0.29, 0.717) is 5.57 Å². The predicted molar refractivity (Wildman–Crippen MR) is 109 cm³/mol. The van der Waals surface area contributed by atoms with Crippen LogP contribution in [-0.2, 0) is 9.53 Å². The summed E-state index contributed by atoms with van der Waals surface area (Å²) in [5.74, 6) is -0.182. The average molecular weight is 357 g/mol. The van der Waals surface area contributed by atoms with Crippen LogP contribution in [0, 0.1) is 0 Å². The van der Waals surface area contributed by atoms with E-state index in [-0.39, 0.29) is 18.0 Å². The molecule has 144 valence electrons. The normalized spacial score (nSPS) is 19.7. The highest BCUT2D eigenvalue weighted by atomic mass is 16.6. The Morgan fingerprint density at radius 1 is 0.846 bits per heavy atom. The molecule has 2 unspecified atom stereocenters. The quantitative estimate of drug-likeness (QED) is 0.217. The van der Waals surface area contributed by atoms with Gasteiger partial charge in [0.1, 0.15) is 6.10 Å². The van der Waals surface area contributed by atoms with E-state index in [1.54, 1.807) is 0 Å². The molecule has 0 aromatic heterocycles. The van der Waals surface area contributed by atoms with Gasteiger partial charge in [-0.2, -0.15) is 0 Å². The fourth-order valence-electron chi connectivity index (χ4n) is 3.94. The van der Waals surface area contributed by atoms with Gasteiger partial charge >= 0.3 is 5.97 Å². The molecule has 0 saturated carbocycles. The van der Waals surface area contributed by atoms with Gasteiger partial charge in [-0.3, -0.25) is 0 Å². The minimum Gasteiger partial charge on any atom is -0.458 e. The van der Waals surface area contributed by atoms with Crippen LogP contribution in [-0.4, -0.2) is 12.1 Å². The molecule has 1 aliphatic heterocycles. The van der Waals surface area contributed by atoms with Crippen LogP contribution in [0.5, 0.6) is 0 Å². The van der Waals surface area contributed by atoms with Crippen LogP contribution in [0.15, 0.2) is 42.5 Å². The Morgan fingerprint density at radius 3 is 1.96 bits per heavy atom. The second-order valence-corrected chi connectivity index (χ2v) is 7.68. The van der Waals surface area contributed by atoms with Crippen molar-refractivity contribution >= 4 is 5.97 Å². The third kappa shape index (κ3) is 6.63. The molecule has 0 spiro atoms. The zero-order valence-corrected chi connectivity index (χ0v) is 16.6. The average Bonchev–Trinajstić information content (AvgIpc) is 2.94. The number of benzene rings is 1. The number of hydrogen-bond acceptors (Lipinski definition) is 2. The van der Waals surface area contributed by atoms with E-state index in [0.717, 1.165) is 18.4 Å². The maximum absolute atomic E-state index is 11.9. The molecule has 0 N–H and O–H groups in total. The van der Waals surface area contributed by atoms with Gasteiger partial charge in [-0.1, -0.05) is 108 Å². The Balaban J connectivity index is 1.60. The van der Waals surface area contributed by atoms with Crippen molar-refractivity contribution in [2.75, 3.05) is 0 Å². The predicted octanol–water partition coefficient (Wildman–Crippen LogP) is 6.95. The first-order valence-corrected chi connectivity index (χ1v) is 10.7. The fourth-order valence-corrected chi connectivity index (χ4v) is 3.94. The minimum absolute atomic E-state index is 0.0315. The summed E-state index contributed by atoms with van der Waals surface area (Å²) in [6.07, 6.45) is 15.6. The van der Waals surface area contributed by atoms with Crippen molar-refractivity contribution in [1.29, 1.82) is 0 Å². The van der Waals surface area contributed by atoms with Crippen LogP contribution in [0.4, 0.5) is 0 Å². The van der Waals surface area contributed by atoms with Gasteiger partial charge < -0.3 is 4.74 Å². The van der Waals surface area contributed by atoms with Crippen molar-refractivity contribution in [2.45, 2.75) is 96.0 Å². The molecule has 1 aliphatic rings. The van der Waals surface area contributed by atoms with Gasteiger partial charge in [-0.15, -0.1) is 0 Å². The molecule has 2 nitrogen and oxygen atoms in total. The van der Waals surface area contributed by atoms with E-state index in [1.807, 2.05) is 18.2 Å². The Morgan fingerprint density at radius 2 is 1.38 bits per heavy atom. The molecule has 0 bridgehead atoms. The summed E-state index contributed by atoms with van der Waals surface area (Å²) in [5, 5.41) is 0. The van der Waals surface area contributed by atoms with Crippen LogP contribution in [0.1, 0.15) is 95.5 Å². The Bertz CT molecular complexity index is 534. The first-order chi connectivity index (χ1) is 12.7. The van der Waals surface area contributed by atoms with Gasteiger partial charge in [0.2, 0.25) is 0 Å². The number of rotatable bonds is 13. The van der Waals surface area contributed by atoms with Crippen molar-refractivity contribution in [1.82, 2.24) is 0 Å². The number of unbranched alkanes of at least 4 members (excludes halogenated alkanes) is 10. The number of carbonyl (C=O) groups is 1. The molecular weight excluding hydrogens is 320 g/mol. The van der Waals surface area contributed by atoms with Crippen LogP contribution >= 0.6 is 0 Å². The second-order valence-electron chi connectivity index (χ2n) is 7.68. The van der Waals surface area contributed by atoms with Crippen molar-refractivity contribution in [3.8, 4) is 0 Å². The van der Waals surface area contributed by atoms with Gasteiger partial charge in [0.05, 0.1) is 5.92 Å². The fraction of sp³-hybridized carbons (Fsp3) is 0.625. The first-order valence-electron chi connectivity index (χ1n) is 10.7. The van der Waals surface area contributed by atoms with Crippen molar-refractivity contribution in [2.24, 2.45) is 0 Å². The Labute approximate surface area is 160 Å². The van der Waals surface area contributed by atoms with Gasteiger partial charge in [-0.25, -0.2) is 4.79 Å². The number of cyclic esters (lactones) is 1. The summed E-state index contributed by atoms with van der Waals surface area (Å²) >= 11 is 0. The molecule has 1 aromatic carbocycles. The molecule has 2 atom stereocenters. The third-order valence-electron chi connectivity index (χ3n) is 5.52. The van der Waals surface area contributed by atoms with Crippen molar-refractivity contribution in [3.05, 3.63) is 48.0 Å². The van der Waals surface area contributed by atoms with E-state index < -0.39 is 0 Å². The number of hydrogen-bond donors (Lipinski definition) is 0. The maximum Gasteiger partial charge on any atom is 0.334 e. The summed E-state index contributed by atoms with van der Waals surface area (Å²) in [6, 6.07) is 10.2. The van der Waals surface area contributed by atoms with Gasteiger partial charge in [0.25, 0.3) is 0 Å². The van der Waals surface area contributed by atoms with Gasteiger partial charge in [-0.05, 0) is 18.4 Å². The summed E-state index contributed by atoms with van der Waals surface area (Å²) in [7, 11) is 0.